The van der Waals surface area contributed by atoms with Crippen LogP contribution in [0.15, 0.2) is 39.9 Å². The van der Waals surface area contributed by atoms with Gasteiger partial charge in [0.25, 0.3) is 5.91 Å². The molecule has 0 saturated carbocycles. The van der Waals surface area contributed by atoms with Gasteiger partial charge in [-0.2, -0.15) is 4.98 Å². The Morgan fingerprint density at radius 1 is 1.14 bits per heavy atom. The Morgan fingerprint density at radius 2 is 1.83 bits per heavy atom. The number of aryl methyl sites for hydroxylation is 2. The number of primary amides is 1. The van der Waals surface area contributed by atoms with Crippen LogP contribution < -0.4 is 16.4 Å². The molecular weight excluding hydrogens is 394 g/mol. The molecule has 3 rings (SSSR count). The lowest BCUT2D eigenvalue weighted by Crippen LogP contribution is -2.39. The third kappa shape index (κ3) is 4.54. The number of carbonyl (C=O) groups excluding carboxylic acids is 3. The Balaban J connectivity index is 1.96. The van der Waals surface area contributed by atoms with Gasteiger partial charge in [-0.3, -0.25) is 14.9 Å². The van der Waals surface area contributed by atoms with Gasteiger partial charge in [0, 0.05) is 11.1 Å². The lowest BCUT2D eigenvalue weighted by atomic mass is 10.2. The van der Waals surface area contributed by atoms with Gasteiger partial charge in [0.1, 0.15) is 11.6 Å². The fourth-order valence-electron chi connectivity index (χ4n) is 2.58. The van der Waals surface area contributed by atoms with Crippen LogP contribution in [0.5, 0.6) is 0 Å². The number of carbonyl (C=O) groups is 3. The van der Waals surface area contributed by atoms with Crippen molar-refractivity contribution in [1.82, 2.24) is 15.3 Å². The van der Waals surface area contributed by atoms with E-state index in [1.165, 1.54) is 0 Å². The molecule has 29 heavy (non-hydrogen) atoms. The molecule has 0 saturated heterocycles. The first-order valence-electron chi connectivity index (χ1n) is 8.67. The molecule has 3 aromatic rings. The number of hydrogen-bond donors (Lipinski definition) is 3. The second-order valence-corrected chi connectivity index (χ2v) is 7.56. The average molecular weight is 413 g/mol. The van der Waals surface area contributed by atoms with Gasteiger partial charge in [-0.05, 0) is 32.9 Å². The van der Waals surface area contributed by atoms with Gasteiger partial charge in [-0.15, -0.1) is 0 Å². The lowest BCUT2D eigenvalue weighted by molar-refractivity contribution is -0.119. The molecule has 0 bridgehead atoms. The number of thioether (sulfide) groups is 1. The van der Waals surface area contributed by atoms with Gasteiger partial charge in [0.2, 0.25) is 11.6 Å². The van der Waals surface area contributed by atoms with Crippen molar-refractivity contribution < 1.29 is 18.8 Å². The maximum Gasteiger partial charge on any atom is 0.318 e. The van der Waals surface area contributed by atoms with Crippen LogP contribution in [0.3, 0.4) is 0 Å². The van der Waals surface area contributed by atoms with Crippen molar-refractivity contribution in [1.29, 1.82) is 0 Å². The Labute approximate surface area is 170 Å². The van der Waals surface area contributed by atoms with Crippen molar-refractivity contribution in [2.45, 2.75) is 31.2 Å². The number of anilines is 1. The fraction of sp³-hybridized carbons (Fsp3) is 0.211. The fourth-order valence-corrected chi connectivity index (χ4v) is 3.34. The highest BCUT2D eigenvalue weighted by Crippen LogP contribution is 2.32. The Morgan fingerprint density at radius 3 is 2.48 bits per heavy atom. The molecule has 0 radical (unpaired) electrons. The first kappa shape index (κ1) is 20.3. The van der Waals surface area contributed by atoms with Gasteiger partial charge in [0.05, 0.1) is 10.6 Å². The topological polar surface area (TPSA) is 140 Å². The smallest absolute Gasteiger partial charge is 0.318 e. The maximum atomic E-state index is 12.6. The molecule has 10 heteroatoms. The number of benzene rings is 1. The highest BCUT2D eigenvalue weighted by molar-refractivity contribution is 8.00. The lowest BCUT2D eigenvalue weighted by Gasteiger charge is -2.11. The number of fused-ring (bicyclic) bond motifs is 1. The minimum Gasteiger partial charge on any atom is -0.443 e. The monoisotopic (exact) mass is 413 g/mol. The van der Waals surface area contributed by atoms with E-state index in [9.17, 15) is 14.4 Å². The summed E-state index contributed by atoms with van der Waals surface area (Å²) in [5.41, 5.74) is 6.55. The van der Waals surface area contributed by atoms with E-state index in [1.807, 2.05) is 18.3 Å². The van der Waals surface area contributed by atoms with E-state index in [2.05, 4.69) is 15.3 Å². The average Bonchev–Trinajstić information content (AvgIpc) is 2.95. The first-order valence-corrected chi connectivity index (χ1v) is 9.55. The zero-order chi connectivity index (χ0) is 21.1. The van der Waals surface area contributed by atoms with Gasteiger partial charge in [-0.1, -0.05) is 30.0 Å². The highest BCUT2D eigenvalue weighted by Gasteiger charge is 2.22. The quantitative estimate of drug-likeness (QED) is 0.431. The second kappa shape index (κ2) is 8.31. The summed E-state index contributed by atoms with van der Waals surface area (Å²) in [5.74, 6) is 0.0154. The van der Waals surface area contributed by atoms with Crippen LogP contribution in [0.4, 0.5) is 10.6 Å². The number of urea groups is 1. The molecule has 2 aromatic heterocycles. The van der Waals surface area contributed by atoms with E-state index < -0.39 is 17.2 Å². The maximum absolute atomic E-state index is 12.6. The largest absolute Gasteiger partial charge is 0.443 e. The van der Waals surface area contributed by atoms with Crippen molar-refractivity contribution in [3.8, 4) is 0 Å². The third-order valence-corrected chi connectivity index (χ3v) is 5.13. The highest BCUT2D eigenvalue weighted by atomic mass is 32.2. The minimum absolute atomic E-state index is 0.210. The zero-order valence-electron chi connectivity index (χ0n) is 16.0. The van der Waals surface area contributed by atoms with E-state index >= 15 is 0 Å². The molecule has 0 unspecified atom stereocenters. The van der Waals surface area contributed by atoms with Crippen molar-refractivity contribution in [2.75, 3.05) is 5.32 Å². The number of aromatic nitrogens is 2. The summed E-state index contributed by atoms with van der Waals surface area (Å²) in [6, 6.07) is 7.78. The number of nitrogens with two attached hydrogens (primary N) is 1. The van der Waals surface area contributed by atoms with Crippen LogP contribution in [0.25, 0.3) is 11.1 Å². The van der Waals surface area contributed by atoms with E-state index in [0.29, 0.717) is 22.4 Å². The van der Waals surface area contributed by atoms with Crippen molar-refractivity contribution in [3.05, 3.63) is 47.2 Å². The van der Waals surface area contributed by atoms with Crippen molar-refractivity contribution in [2.24, 2.45) is 5.73 Å². The molecular formula is C19H19N5O4S. The van der Waals surface area contributed by atoms with Crippen molar-refractivity contribution >= 4 is 46.5 Å². The van der Waals surface area contributed by atoms with Crippen LogP contribution in [-0.4, -0.2) is 33.1 Å². The van der Waals surface area contributed by atoms with Gasteiger partial charge in [0.15, 0.2) is 5.16 Å². The molecule has 2 heterocycles. The van der Waals surface area contributed by atoms with E-state index in [0.717, 1.165) is 17.3 Å². The molecule has 0 aliphatic rings. The minimum atomic E-state index is -0.938. The number of rotatable bonds is 5. The van der Waals surface area contributed by atoms with Crippen molar-refractivity contribution in [3.63, 3.8) is 0 Å². The summed E-state index contributed by atoms with van der Waals surface area (Å²) in [4.78, 5) is 44.2. The first-order chi connectivity index (χ1) is 13.8. The van der Waals surface area contributed by atoms with Crippen LogP contribution in [-0.2, 0) is 4.79 Å². The molecule has 150 valence electrons. The summed E-state index contributed by atoms with van der Waals surface area (Å²) in [6.45, 7) is 5.21. The molecule has 1 aromatic carbocycles. The number of hydrogen-bond acceptors (Lipinski definition) is 7. The molecule has 4 amide bonds. The number of imide groups is 1. The molecule has 1 atom stereocenters. The van der Waals surface area contributed by atoms with Gasteiger partial charge in [-0.25, -0.2) is 9.78 Å². The van der Waals surface area contributed by atoms with Crippen LogP contribution in [0.2, 0.25) is 0 Å². The molecule has 0 spiro atoms. The van der Waals surface area contributed by atoms with E-state index in [-0.39, 0.29) is 16.9 Å². The van der Waals surface area contributed by atoms with Gasteiger partial charge < -0.3 is 15.5 Å². The van der Waals surface area contributed by atoms with E-state index in [1.54, 1.807) is 38.1 Å². The number of furan rings is 1. The molecule has 9 nitrogen and oxygen atoms in total. The zero-order valence-corrected chi connectivity index (χ0v) is 16.8. The number of nitrogens with zero attached hydrogens (tertiary/aromatic N) is 2. The Kier molecular flexibility index (Phi) is 5.83. The predicted molar refractivity (Wildman–Crippen MR) is 109 cm³/mol. The van der Waals surface area contributed by atoms with Crippen LogP contribution in [0.1, 0.15) is 28.6 Å². The third-order valence-electron chi connectivity index (χ3n) is 4.17. The standard InChI is InChI=1S/C19H19N5O4S/c1-9-10(2)28-17-13(9)14(21-16(26)12-7-5-4-6-8-12)22-19(24-17)29-11(3)15(25)23-18(20)27/h4-8,11H,1-3H3,(H3,20,23,25,27)(H,21,22,24,26)/t11-/m1/s1. The SMILES string of the molecule is Cc1oc2nc(S[C@H](C)C(=O)NC(N)=O)nc(NC(=O)c3ccccc3)c2c1C. The summed E-state index contributed by atoms with van der Waals surface area (Å²) >= 11 is 1.01. The van der Waals surface area contributed by atoms with Crippen LogP contribution in [0, 0.1) is 13.8 Å². The second-order valence-electron chi connectivity index (χ2n) is 6.25. The van der Waals surface area contributed by atoms with E-state index in [4.69, 9.17) is 10.2 Å². The Bertz CT molecular complexity index is 1100. The molecule has 0 aliphatic heterocycles. The number of amides is 4. The number of nitrogens with one attached hydrogen (secondary N) is 2. The summed E-state index contributed by atoms with van der Waals surface area (Å²) in [6.07, 6.45) is 0. The Hall–Kier alpha value is -3.40. The van der Waals surface area contributed by atoms with Gasteiger partial charge >= 0.3 is 6.03 Å². The summed E-state index contributed by atoms with van der Waals surface area (Å²) in [5, 5.41) is 4.90. The summed E-state index contributed by atoms with van der Waals surface area (Å²) in [7, 11) is 0. The molecule has 0 aliphatic carbocycles. The summed E-state index contributed by atoms with van der Waals surface area (Å²) < 4.78 is 5.68. The molecule has 0 fully saturated rings. The predicted octanol–water partition coefficient (Wildman–Crippen LogP) is 2.77. The molecule has 4 N–H and O–H groups in total. The van der Waals surface area contributed by atoms with Crippen LogP contribution >= 0.6 is 11.8 Å². The normalized spacial score (nSPS) is 11.8.